The highest BCUT2D eigenvalue weighted by atomic mass is 16.5. The van der Waals surface area contributed by atoms with Crippen molar-refractivity contribution in [1.82, 2.24) is 0 Å². The van der Waals surface area contributed by atoms with Crippen LogP contribution in [-0.4, -0.2) is 29.2 Å². The number of nitrogens with two attached hydrogens (primary N) is 1. The van der Waals surface area contributed by atoms with E-state index in [-0.39, 0.29) is 24.9 Å². The molecule has 2 aromatic rings. The van der Waals surface area contributed by atoms with Gasteiger partial charge < -0.3 is 15.6 Å². The molecule has 0 aromatic heterocycles. The molecular formula is C22H25NO4. The van der Waals surface area contributed by atoms with Gasteiger partial charge in [0.1, 0.15) is 6.61 Å². The third kappa shape index (κ3) is 3.60. The number of ether oxygens (including phenoxy) is 1. The van der Waals surface area contributed by atoms with Gasteiger partial charge in [0.25, 0.3) is 0 Å². The fourth-order valence-electron chi connectivity index (χ4n) is 3.54. The van der Waals surface area contributed by atoms with Crippen molar-refractivity contribution in [3.63, 3.8) is 0 Å². The van der Waals surface area contributed by atoms with Crippen LogP contribution in [0.15, 0.2) is 48.5 Å². The molecule has 0 spiro atoms. The van der Waals surface area contributed by atoms with E-state index in [1.165, 1.54) is 0 Å². The number of hydrogen-bond donors (Lipinski definition) is 2. The van der Waals surface area contributed by atoms with Crippen LogP contribution in [0.2, 0.25) is 0 Å². The Morgan fingerprint density at radius 2 is 1.59 bits per heavy atom. The summed E-state index contributed by atoms with van der Waals surface area (Å²) < 4.78 is 5.45. The SMILES string of the molecule is CC(C)CCC(N)(C(=O)O)C(=O)OCC1c2ccccc2-c2ccccc21. The largest absolute Gasteiger partial charge is 0.479 e. The molecule has 0 heterocycles. The molecule has 0 saturated carbocycles. The van der Waals surface area contributed by atoms with Gasteiger partial charge in [0.2, 0.25) is 5.54 Å². The summed E-state index contributed by atoms with van der Waals surface area (Å²) in [4.78, 5) is 24.2. The Balaban J connectivity index is 1.80. The Labute approximate surface area is 159 Å². The van der Waals surface area contributed by atoms with Crippen LogP contribution in [0.1, 0.15) is 43.7 Å². The zero-order chi connectivity index (χ0) is 19.6. The number of esters is 1. The highest BCUT2D eigenvalue weighted by molar-refractivity contribution is 6.03. The van der Waals surface area contributed by atoms with Gasteiger partial charge in [-0.05, 0) is 41.0 Å². The molecular weight excluding hydrogens is 342 g/mol. The van der Waals surface area contributed by atoms with Crippen LogP contribution in [-0.2, 0) is 14.3 Å². The van der Waals surface area contributed by atoms with Crippen molar-refractivity contribution in [3.8, 4) is 11.1 Å². The summed E-state index contributed by atoms with van der Waals surface area (Å²) >= 11 is 0. The Kier molecular flexibility index (Phi) is 5.33. The van der Waals surface area contributed by atoms with E-state index in [0.717, 1.165) is 22.3 Å². The Bertz CT molecular complexity index is 815. The first-order valence-corrected chi connectivity index (χ1v) is 9.22. The molecule has 142 valence electrons. The van der Waals surface area contributed by atoms with E-state index in [1.54, 1.807) is 0 Å². The fourth-order valence-corrected chi connectivity index (χ4v) is 3.54. The second-order valence-corrected chi connectivity index (χ2v) is 7.53. The van der Waals surface area contributed by atoms with Crippen LogP contribution in [0.4, 0.5) is 0 Å². The summed E-state index contributed by atoms with van der Waals surface area (Å²) in [7, 11) is 0. The Hall–Kier alpha value is -2.66. The first kappa shape index (κ1) is 19.1. The molecule has 5 nitrogen and oxygen atoms in total. The number of fused-ring (bicyclic) bond motifs is 3. The molecule has 0 aliphatic heterocycles. The number of benzene rings is 2. The van der Waals surface area contributed by atoms with Crippen molar-refractivity contribution < 1.29 is 19.4 Å². The summed E-state index contributed by atoms with van der Waals surface area (Å²) in [6.07, 6.45) is 0.587. The minimum absolute atomic E-state index is 0.0523. The molecule has 0 bridgehead atoms. The Morgan fingerprint density at radius 1 is 1.07 bits per heavy atom. The molecule has 0 fully saturated rings. The number of rotatable bonds is 7. The third-order valence-electron chi connectivity index (χ3n) is 5.21. The van der Waals surface area contributed by atoms with Gasteiger partial charge in [-0.15, -0.1) is 0 Å². The molecule has 3 N–H and O–H groups in total. The van der Waals surface area contributed by atoms with Crippen molar-refractivity contribution in [3.05, 3.63) is 59.7 Å². The quantitative estimate of drug-likeness (QED) is 0.577. The number of carbonyl (C=O) groups is 2. The van der Waals surface area contributed by atoms with E-state index in [4.69, 9.17) is 10.5 Å². The summed E-state index contributed by atoms with van der Waals surface area (Å²) in [5.41, 5.74) is 8.31. The Morgan fingerprint density at radius 3 is 2.07 bits per heavy atom. The lowest BCUT2D eigenvalue weighted by Crippen LogP contribution is -2.56. The zero-order valence-corrected chi connectivity index (χ0v) is 15.6. The van der Waals surface area contributed by atoms with Crippen LogP contribution in [0.25, 0.3) is 11.1 Å². The second kappa shape index (κ2) is 7.53. The van der Waals surface area contributed by atoms with Gasteiger partial charge in [-0.2, -0.15) is 0 Å². The van der Waals surface area contributed by atoms with E-state index in [0.29, 0.717) is 6.42 Å². The van der Waals surface area contributed by atoms with E-state index >= 15 is 0 Å². The summed E-state index contributed by atoms with van der Waals surface area (Å²) in [5.74, 6) is -2.10. The maximum Gasteiger partial charge on any atom is 0.337 e. The van der Waals surface area contributed by atoms with Gasteiger partial charge in [-0.3, -0.25) is 0 Å². The van der Waals surface area contributed by atoms with Crippen LogP contribution >= 0.6 is 0 Å². The molecule has 0 amide bonds. The van der Waals surface area contributed by atoms with Gasteiger partial charge >= 0.3 is 11.9 Å². The summed E-state index contributed by atoms with van der Waals surface area (Å²) in [5, 5.41) is 9.50. The molecule has 5 heteroatoms. The first-order chi connectivity index (χ1) is 12.8. The number of carboxylic acid groups (broad SMARTS) is 1. The molecule has 27 heavy (non-hydrogen) atoms. The topological polar surface area (TPSA) is 89.6 Å². The van der Waals surface area contributed by atoms with Crippen LogP contribution < -0.4 is 5.73 Å². The highest BCUT2D eigenvalue weighted by Gasteiger charge is 2.44. The van der Waals surface area contributed by atoms with Gasteiger partial charge in [0.15, 0.2) is 0 Å². The van der Waals surface area contributed by atoms with E-state index in [2.05, 4.69) is 0 Å². The average molecular weight is 367 g/mol. The monoisotopic (exact) mass is 367 g/mol. The minimum atomic E-state index is -2.01. The van der Waals surface area contributed by atoms with E-state index in [1.807, 2.05) is 62.4 Å². The zero-order valence-electron chi connectivity index (χ0n) is 15.6. The second-order valence-electron chi connectivity index (χ2n) is 7.53. The summed E-state index contributed by atoms with van der Waals surface area (Å²) in [6, 6.07) is 16.0. The molecule has 1 unspecified atom stereocenters. The van der Waals surface area contributed by atoms with Crippen LogP contribution in [0.5, 0.6) is 0 Å². The van der Waals surface area contributed by atoms with Gasteiger partial charge in [-0.25, -0.2) is 9.59 Å². The van der Waals surface area contributed by atoms with Crippen molar-refractivity contribution >= 4 is 11.9 Å². The maximum absolute atomic E-state index is 12.6. The summed E-state index contributed by atoms with van der Waals surface area (Å²) in [6.45, 7) is 3.99. The van der Waals surface area contributed by atoms with E-state index in [9.17, 15) is 14.7 Å². The fraction of sp³-hybridized carbons (Fsp3) is 0.364. The molecule has 1 aliphatic carbocycles. The van der Waals surface area contributed by atoms with Gasteiger partial charge in [0, 0.05) is 5.92 Å². The molecule has 3 rings (SSSR count). The third-order valence-corrected chi connectivity index (χ3v) is 5.21. The maximum atomic E-state index is 12.6. The number of carboxylic acids is 1. The molecule has 1 aliphatic rings. The molecule has 0 radical (unpaired) electrons. The van der Waals surface area contributed by atoms with Crippen molar-refractivity contribution in [2.45, 2.75) is 38.1 Å². The minimum Gasteiger partial charge on any atom is -0.479 e. The molecule has 1 atom stereocenters. The van der Waals surface area contributed by atoms with Crippen LogP contribution in [0, 0.1) is 5.92 Å². The lowest BCUT2D eigenvalue weighted by molar-refractivity contribution is -0.161. The molecule has 2 aromatic carbocycles. The van der Waals surface area contributed by atoms with Crippen molar-refractivity contribution in [1.29, 1.82) is 0 Å². The van der Waals surface area contributed by atoms with Gasteiger partial charge in [0.05, 0.1) is 0 Å². The predicted molar refractivity (Wildman–Crippen MR) is 103 cm³/mol. The van der Waals surface area contributed by atoms with Crippen molar-refractivity contribution in [2.24, 2.45) is 11.7 Å². The van der Waals surface area contributed by atoms with Gasteiger partial charge in [-0.1, -0.05) is 62.4 Å². The lowest BCUT2D eigenvalue weighted by atomic mass is 9.91. The highest BCUT2D eigenvalue weighted by Crippen LogP contribution is 2.44. The number of hydrogen-bond acceptors (Lipinski definition) is 4. The average Bonchev–Trinajstić information content (AvgIpc) is 2.98. The van der Waals surface area contributed by atoms with Crippen LogP contribution in [0.3, 0.4) is 0 Å². The smallest absolute Gasteiger partial charge is 0.337 e. The van der Waals surface area contributed by atoms with E-state index < -0.39 is 17.5 Å². The lowest BCUT2D eigenvalue weighted by Gasteiger charge is -2.24. The van der Waals surface area contributed by atoms with Crippen molar-refractivity contribution in [2.75, 3.05) is 6.61 Å². The predicted octanol–water partition coefficient (Wildman–Crippen LogP) is 3.56. The standard InChI is InChI=1S/C22H25NO4/c1-14(2)11-12-22(23,20(24)25)21(26)27-13-19-17-9-5-3-7-15(17)16-8-4-6-10-18(16)19/h3-10,14,19H,11-13,23H2,1-2H3,(H,24,25). The number of carbonyl (C=O) groups excluding carboxylic acids is 1. The normalized spacial score (nSPS) is 15.1. The first-order valence-electron chi connectivity index (χ1n) is 9.22. The number of aliphatic carboxylic acids is 1. The molecule has 0 saturated heterocycles.